The van der Waals surface area contributed by atoms with Crippen LogP contribution in [0.5, 0.6) is 0 Å². The molecule has 18 heavy (non-hydrogen) atoms. The van der Waals surface area contributed by atoms with Crippen LogP contribution in [0.3, 0.4) is 0 Å². The maximum absolute atomic E-state index is 5.43. The van der Waals surface area contributed by atoms with E-state index < -0.39 is 0 Å². The lowest BCUT2D eigenvalue weighted by atomic mass is 10.0. The molecule has 4 N–H and O–H groups in total. The highest BCUT2D eigenvalue weighted by molar-refractivity contribution is 5.32. The average Bonchev–Trinajstić information content (AvgIpc) is 2.42. The predicted octanol–water partition coefficient (Wildman–Crippen LogP) is 3.49. The average molecular weight is 248 g/mol. The summed E-state index contributed by atoms with van der Waals surface area (Å²) in [5, 5.41) is 0. The number of rotatable bonds is 7. The molecule has 0 heterocycles. The van der Waals surface area contributed by atoms with Crippen molar-refractivity contribution >= 4 is 0 Å². The van der Waals surface area contributed by atoms with E-state index in [0.717, 1.165) is 6.42 Å². The van der Waals surface area contributed by atoms with Crippen LogP contribution in [0.4, 0.5) is 0 Å². The highest BCUT2D eigenvalue weighted by atomic mass is 14.5. The van der Waals surface area contributed by atoms with Gasteiger partial charge in [0.25, 0.3) is 0 Å². The van der Waals surface area contributed by atoms with Crippen molar-refractivity contribution in [2.75, 3.05) is 13.1 Å². The molecule has 102 valence electrons. The molecular formula is C16H28N2. The summed E-state index contributed by atoms with van der Waals surface area (Å²) in [6.45, 7) is 10.8. The van der Waals surface area contributed by atoms with Crippen LogP contribution in [0.1, 0.15) is 27.2 Å². The molecule has 0 unspecified atom stereocenters. The molecule has 0 saturated heterocycles. The summed E-state index contributed by atoms with van der Waals surface area (Å²) in [5.74, 6) is 0. The van der Waals surface area contributed by atoms with E-state index in [4.69, 9.17) is 11.5 Å². The molecule has 0 atom stereocenters. The van der Waals surface area contributed by atoms with Gasteiger partial charge in [-0.05, 0) is 24.5 Å². The minimum Gasteiger partial charge on any atom is -0.327 e. The molecule has 0 saturated carbocycles. The number of allylic oxidation sites excluding steroid dienone is 7. The first-order valence-electron chi connectivity index (χ1n) is 6.48. The molecule has 0 fully saturated rings. The van der Waals surface area contributed by atoms with Crippen LogP contribution in [0.2, 0.25) is 0 Å². The Balaban J connectivity index is 0. The second-order valence-corrected chi connectivity index (χ2v) is 3.29. The molecule has 0 rings (SSSR count). The summed E-state index contributed by atoms with van der Waals surface area (Å²) >= 11 is 0. The van der Waals surface area contributed by atoms with Crippen molar-refractivity contribution in [3.05, 3.63) is 60.3 Å². The molecule has 2 nitrogen and oxygen atoms in total. The first-order chi connectivity index (χ1) is 8.78. The standard InChI is InChI=1S/C14H22N2.C2H6/c1-3-7-14(9-6-11-16)12-13(4-2)8-5-10-15;1-2/h3-9H,1,10-12,15-16H2,2H3;1-2H3/b8-5-,9-6-,13-4+,14-7+;. The van der Waals surface area contributed by atoms with Crippen molar-refractivity contribution in [3.63, 3.8) is 0 Å². The van der Waals surface area contributed by atoms with E-state index in [-0.39, 0.29) is 0 Å². The van der Waals surface area contributed by atoms with E-state index in [9.17, 15) is 0 Å². The van der Waals surface area contributed by atoms with Crippen LogP contribution in [-0.4, -0.2) is 13.1 Å². The van der Waals surface area contributed by atoms with E-state index in [1.807, 2.05) is 51.2 Å². The van der Waals surface area contributed by atoms with Gasteiger partial charge in [0.2, 0.25) is 0 Å². The van der Waals surface area contributed by atoms with E-state index in [1.54, 1.807) is 6.08 Å². The second kappa shape index (κ2) is 15.6. The molecule has 2 heteroatoms. The summed E-state index contributed by atoms with van der Waals surface area (Å²) in [6, 6.07) is 0. The number of hydrogen-bond donors (Lipinski definition) is 2. The van der Waals surface area contributed by atoms with Gasteiger partial charge < -0.3 is 11.5 Å². The Morgan fingerprint density at radius 1 is 1.00 bits per heavy atom. The van der Waals surface area contributed by atoms with Crippen LogP contribution in [0.15, 0.2) is 60.3 Å². The third kappa shape index (κ3) is 11.1. The Morgan fingerprint density at radius 2 is 1.50 bits per heavy atom. The second-order valence-electron chi connectivity index (χ2n) is 3.29. The van der Waals surface area contributed by atoms with Gasteiger partial charge in [-0.3, -0.25) is 0 Å². The van der Waals surface area contributed by atoms with Crippen LogP contribution in [0, 0.1) is 0 Å². The predicted molar refractivity (Wildman–Crippen MR) is 84.4 cm³/mol. The molecule has 0 aliphatic carbocycles. The third-order valence-electron chi connectivity index (χ3n) is 2.05. The zero-order chi connectivity index (χ0) is 14.2. The quantitative estimate of drug-likeness (QED) is 0.678. The lowest BCUT2D eigenvalue weighted by Crippen LogP contribution is -1.94. The molecule has 0 bridgehead atoms. The smallest absolute Gasteiger partial charge is 0.0110 e. The SMILES string of the molecule is C=C/C=C(\C=C/CN)CC(/C=C\CN)=C/C.CC. The molecule has 0 radical (unpaired) electrons. The minimum absolute atomic E-state index is 0.554. The third-order valence-corrected chi connectivity index (χ3v) is 2.05. The lowest BCUT2D eigenvalue weighted by molar-refractivity contribution is 1.17. The van der Waals surface area contributed by atoms with E-state index >= 15 is 0 Å². The molecule has 0 amide bonds. The fourth-order valence-corrected chi connectivity index (χ4v) is 1.26. The van der Waals surface area contributed by atoms with Crippen molar-refractivity contribution in [2.45, 2.75) is 27.2 Å². The van der Waals surface area contributed by atoms with Gasteiger partial charge in [-0.1, -0.05) is 63.0 Å². The summed E-state index contributed by atoms with van der Waals surface area (Å²) in [5.41, 5.74) is 13.3. The summed E-state index contributed by atoms with van der Waals surface area (Å²) < 4.78 is 0. The summed E-state index contributed by atoms with van der Waals surface area (Å²) in [6.07, 6.45) is 14.7. The van der Waals surface area contributed by atoms with Gasteiger partial charge in [0.15, 0.2) is 0 Å². The molecule has 0 aliphatic rings. The zero-order valence-corrected chi connectivity index (χ0v) is 12.0. The van der Waals surface area contributed by atoms with Gasteiger partial charge in [-0.15, -0.1) is 0 Å². The van der Waals surface area contributed by atoms with Gasteiger partial charge in [0, 0.05) is 13.1 Å². The topological polar surface area (TPSA) is 52.0 Å². The van der Waals surface area contributed by atoms with E-state index in [2.05, 4.69) is 12.7 Å². The largest absolute Gasteiger partial charge is 0.327 e. The Kier molecular flexibility index (Phi) is 16.5. The number of nitrogens with two attached hydrogens (primary N) is 2. The monoisotopic (exact) mass is 248 g/mol. The van der Waals surface area contributed by atoms with Crippen molar-refractivity contribution in [3.8, 4) is 0 Å². The van der Waals surface area contributed by atoms with Crippen LogP contribution in [-0.2, 0) is 0 Å². The molecule has 0 aromatic carbocycles. The summed E-state index contributed by atoms with van der Waals surface area (Å²) in [4.78, 5) is 0. The van der Waals surface area contributed by atoms with Crippen LogP contribution < -0.4 is 11.5 Å². The Bertz CT molecular complexity index is 307. The normalized spacial score (nSPS) is 12.7. The number of hydrogen-bond acceptors (Lipinski definition) is 2. The zero-order valence-electron chi connectivity index (χ0n) is 12.0. The fraction of sp³-hybridized carbons (Fsp3) is 0.375. The Hall–Kier alpha value is -1.38. The van der Waals surface area contributed by atoms with E-state index in [0.29, 0.717) is 13.1 Å². The minimum atomic E-state index is 0.554. The highest BCUT2D eigenvalue weighted by Gasteiger charge is 1.95. The first kappa shape index (κ1) is 19.0. The molecule has 0 aromatic heterocycles. The van der Waals surface area contributed by atoms with Gasteiger partial charge in [-0.25, -0.2) is 0 Å². The lowest BCUT2D eigenvalue weighted by Gasteiger charge is -2.03. The molecular weight excluding hydrogens is 220 g/mol. The Labute approximate surface area is 112 Å². The van der Waals surface area contributed by atoms with Crippen molar-refractivity contribution in [1.29, 1.82) is 0 Å². The van der Waals surface area contributed by atoms with Gasteiger partial charge >= 0.3 is 0 Å². The molecule has 0 aromatic rings. The maximum Gasteiger partial charge on any atom is 0.0110 e. The Morgan fingerprint density at radius 3 is 1.89 bits per heavy atom. The maximum atomic E-state index is 5.43. The van der Waals surface area contributed by atoms with Crippen LogP contribution in [0.25, 0.3) is 0 Å². The fourth-order valence-electron chi connectivity index (χ4n) is 1.26. The van der Waals surface area contributed by atoms with Crippen molar-refractivity contribution < 1.29 is 0 Å². The van der Waals surface area contributed by atoms with Crippen molar-refractivity contribution in [1.82, 2.24) is 0 Å². The highest BCUT2D eigenvalue weighted by Crippen LogP contribution is 2.13. The van der Waals surface area contributed by atoms with Gasteiger partial charge in [0.05, 0.1) is 0 Å². The molecule has 0 aliphatic heterocycles. The van der Waals surface area contributed by atoms with Crippen molar-refractivity contribution in [2.24, 2.45) is 11.5 Å². The van der Waals surface area contributed by atoms with Gasteiger partial charge in [0.1, 0.15) is 0 Å². The molecule has 0 spiro atoms. The van der Waals surface area contributed by atoms with Crippen LogP contribution >= 0.6 is 0 Å². The van der Waals surface area contributed by atoms with E-state index in [1.165, 1.54) is 11.1 Å². The first-order valence-corrected chi connectivity index (χ1v) is 6.48. The summed E-state index contributed by atoms with van der Waals surface area (Å²) in [7, 11) is 0. The van der Waals surface area contributed by atoms with Gasteiger partial charge in [-0.2, -0.15) is 0 Å².